The van der Waals surface area contributed by atoms with Crippen molar-refractivity contribution >= 4 is 23.4 Å². The van der Waals surface area contributed by atoms with Gasteiger partial charge < -0.3 is 20.5 Å². The summed E-state index contributed by atoms with van der Waals surface area (Å²) in [5.74, 6) is 1.31. The number of aromatic nitrogens is 3. The predicted molar refractivity (Wildman–Crippen MR) is 115 cm³/mol. The van der Waals surface area contributed by atoms with Crippen LogP contribution in [0, 0.1) is 5.82 Å². The third-order valence-electron chi connectivity index (χ3n) is 5.02. The second-order valence-electron chi connectivity index (χ2n) is 7.45. The fraction of sp³-hybridized carbons (Fsp3) is 0.318. The van der Waals surface area contributed by atoms with E-state index in [-0.39, 0.29) is 11.7 Å². The van der Waals surface area contributed by atoms with E-state index < -0.39 is 0 Å². The predicted octanol–water partition coefficient (Wildman–Crippen LogP) is 3.81. The van der Waals surface area contributed by atoms with Gasteiger partial charge in [-0.3, -0.25) is 4.79 Å². The van der Waals surface area contributed by atoms with Gasteiger partial charge in [0, 0.05) is 43.8 Å². The maximum atomic E-state index is 13.4. The Morgan fingerprint density at radius 2 is 2.10 bits per heavy atom. The van der Waals surface area contributed by atoms with E-state index in [0.29, 0.717) is 36.3 Å². The van der Waals surface area contributed by atoms with Gasteiger partial charge in [-0.2, -0.15) is 4.98 Å². The fourth-order valence-electron chi connectivity index (χ4n) is 3.27. The van der Waals surface area contributed by atoms with Gasteiger partial charge in [-0.1, -0.05) is 6.07 Å². The molecule has 8 heteroatoms. The van der Waals surface area contributed by atoms with Crippen LogP contribution in [0.3, 0.4) is 0 Å². The van der Waals surface area contributed by atoms with Crippen molar-refractivity contribution in [1.82, 2.24) is 19.9 Å². The van der Waals surface area contributed by atoms with Crippen LogP contribution in [-0.4, -0.2) is 33.5 Å². The van der Waals surface area contributed by atoms with Crippen LogP contribution in [0.15, 0.2) is 48.8 Å². The number of nitrogens with zero attached hydrogens (tertiary/aromatic N) is 3. The van der Waals surface area contributed by atoms with Crippen LogP contribution in [-0.2, 0) is 7.05 Å². The second-order valence-corrected chi connectivity index (χ2v) is 7.45. The van der Waals surface area contributed by atoms with Crippen molar-refractivity contribution < 1.29 is 9.18 Å². The van der Waals surface area contributed by atoms with Gasteiger partial charge in [-0.05, 0) is 55.5 Å². The summed E-state index contributed by atoms with van der Waals surface area (Å²) in [6.07, 6.45) is 6.73. The first-order valence-corrected chi connectivity index (χ1v) is 10.1. The zero-order valence-corrected chi connectivity index (χ0v) is 16.9. The molecule has 1 aliphatic carbocycles. The molecular weight excluding hydrogens is 383 g/mol. The molecule has 1 aliphatic rings. The lowest BCUT2D eigenvalue weighted by molar-refractivity contribution is 0.0945. The largest absolute Gasteiger partial charge is 0.370 e. The monoisotopic (exact) mass is 408 g/mol. The molecule has 0 aliphatic heterocycles. The van der Waals surface area contributed by atoms with Crippen molar-refractivity contribution in [3.63, 3.8) is 0 Å². The van der Waals surface area contributed by atoms with Gasteiger partial charge in [-0.25, -0.2) is 9.37 Å². The summed E-state index contributed by atoms with van der Waals surface area (Å²) in [6.45, 7) is 1.23. The zero-order valence-electron chi connectivity index (χ0n) is 16.9. The molecule has 1 aromatic carbocycles. The third-order valence-corrected chi connectivity index (χ3v) is 5.02. The summed E-state index contributed by atoms with van der Waals surface area (Å²) >= 11 is 0. The molecule has 30 heavy (non-hydrogen) atoms. The van der Waals surface area contributed by atoms with Crippen LogP contribution in [0.5, 0.6) is 0 Å². The van der Waals surface area contributed by atoms with Crippen LogP contribution in [0.25, 0.3) is 0 Å². The summed E-state index contributed by atoms with van der Waals surface area (Å²) < 4.78 is 15.2. The van der Waals surface area contributed by atoms with Gasteiger partial charge in [0.25, 0.3) is 5.91 Å². The zero-order chi connectivity index (χ0) is 20.9. The molecular formula is C22H25FN6O. The lowest BCUT2D eigenvalue weighted by Crippen LogP contribution is -2.27. The van der Waals surface area contributed by atoms with Crippen molar-refractivity contribution in [2.75, 3.05) is 23.7 Å². The van der Waals surface area contributed by atoms with Gasteiger partial charge in [0.15, 0.2) is 0 Å². The van der Waals surface area contributed by atoms with Gasteiger partial charge in [0.2, 0.25) is 5.95 Å². The molecule has 0 saturated heterocycles. The number of halogens is 1. The Hall–Kier alpha value is -3.42. The van der Waals surface area contributed by atoms with E-state index in [1.54, 1.807) is 22.8 Å². The van der Waals surface area contributed by atoms with E-state index in [0.717, 1.165) is 30.6 Å². The van der Waals surface area contributed by atoms with Crippen molar-refractivity contribution in [3.8, 4) is 0 Å². The Bertz CT molecular complexity index is 1030. The molecule has 3 N–H and O–H groups in total. The van der Waals surface area contributed by atoms with Gasteiger partial charge in [0.1, 0.15) is 17.3 Å². The molecule has 7 nitrogen and oxygen atoms in total. The van der Waals surface area contributed by atoms with Crippen LogP contribution in [0.1, 0.15) is 41.2 Å². The Morgan fingerprint density at radius 1 is 1.23 bits per heavy atom. The second kappa shape index (κ2) is 8.94. The van der Waals surface area contributed by atoms with Crippen LogP contribution in [0.2, 0.25) is 0 Å². The highest BCUT2D eigenvalue weighted by atomic mass is 19.1. The molecule has 2 heterocycles. The Balaban J connectivity index is 1.33. The van der Waals surface area contributed by atoms with Gasteiger partial charge in [0.05, 0.1) is 0 Å². The van der Waals surface area contributed by atoms with Crippen molar-refractivity contribution in [2.45, 2.75) is 25.2 Å². The minimum Gasteiger partial charge on any atom is -0.370 e. The molecule has 1 fully saturated rings. The molecule has 2 aromatic heterocycles. The number of aryl methyl sites for hydroxylation is 1. The number of nitrogens with one attached hydrogen (secondary N) is 3. The average molecular weight is 408 g/mol. The molecule has 0 bridgehead atoms. The summed E-state index contributed by atoms with van der Waals surface area (Å²) in [7, 11) is 1.85. The van der Waals surface area contributed by atoms with Crippen molar-refractivity contribution in [2.24, 2.45) is 7.05 Å². The van der Waals surface area contributed by atoms with E-state index in [1.165, 1.54) is 12.1 Å². The number of hydrogen-bond acceptors (Lipinski definition) is 5. The summed E-state index contributed by atoms with van der Waals surface area (Å²) in [4.78, 5) is 21.1. The maximum absolute atomic E-state index is 13.4. The maximum Gasteiger partial charge on any atom is 0.267 e. The first kappa shape index (κ1) is 19.9. The smallest absolute Gasteiger partial charge is 0.267 e. The minimum absolute atomic E-state index is 0.0789. The first-order chi connectivity index (χ1) is 14.6. The molecule has 4 rings (SSSR count). The van der Waals surface area contributed by atoms with E-state index in [1.807, 2.05) is 25.5 Å². The fourth-order valence-corrected chi connectivity index (χ4v) is 3.27. The molecule has 0 atom stereocenters. The molecule has 0 radical (unpaired) electrons. The highest BCUT2D eigenvalue weighted by Crippen LogP contribution is 2.42. The van der Waals surface area contributed by atoms with E-state index in [4.69, 9.17) is 0 Å². The lowest BCUT2D eigenvalue weighted by atomic mass is 10.2. The van der Waals surface area contributed by atoms with Crippen LogP contribution >= 0.6 is 0 Å². The summed E-state index contributed by atoms with van der Waals surface area (Å²) in [5, 5.41) is 9.35. The number of carbonyl (C=O) groups excluding carboxylic acids is 1. The standard InChI is InChI=1S/C22H25FN6O/c1-29-12-3-7-19(29)21(30)25-11-4-10-24-20-18(15-8-9-15)14-26-22(28-20)27-17-6-2-5-16(23)13-17/h2-3,5-7,12-15H,4,8-11H2,1H3,(H,25,30)(H2,24,26,27,28). The highest BCUT2D eigenvalue weighted by Gasteiger charge is 2.27. The van der Waals surface area contributed by atoms with Crippen molar-refractivity contribution in [3.05, 3.63) is 65.9 Å². The van der Waals surface area contributed by atoms with Crippen LogP contribution in [0.4, 0.5) is 21.8 Å². The number of carbonyl (C=O) groups is 1. The number of benzene rings is 1. The number of anilines is 3. The Labute approximate surface area is 174 Å². The van der Waals surface area contributed by atoms with Gasteiger partial charge in [-0.15, -0.1) is 0 Å². The van der Waals surface area contributed by atoms with Gasteiger partial charge >= 0.3 is 0 Å². The van der Waals surface area contributed by atoms with Crippen LogP contribution < -0.4 is 16.0 Å². The van der Waals surface area contributed by atoms with E-state index >= 15 is 0 Å². The normalized spacial score (nSPS) is 13.1. The average Bonchev–Trinajstić information content (AvgIpc) is 3.48. The third kappa shape index (κ3) is 4.94. The van der Waals surface area contributed by atoms with E-state index in [9.17, 15) is 9.18 Å². The number of rotatable bonds is 9. The number of hydrogen-bond donors (Lipinski definition) is 3. The molecule has 156 valence electrons. The molecule has 3 aromatic rings. The quantitative estimate of drug-likeness (QED) is 0.469. The van der Waals surface area contributed by atoms with Crippen molar-refractivity contribution in [1.29, 1.82) is 0 Å². The first-order valence-electron chi connectivity index (χ1n) is 10.1. The summed E-state index contributed by atoms with van der Waals surface area (Å²) in [5.41, 5.74) is 2.35. The lowest BCUT2D eigenvalue weighted by Gasteiger charge is -2.13. The molecule has 0 unspecified atom stereocenters. The molecule has 0 spiro atoms. The highest BCUT2D eigenvalue weighted by molar-refractivity contribution is 5.92. The summed E-state index contributed by atoms with van der Waals surface area (Å²) in [6, 6.07) is 9.85. The van der Waals surface area contributed by atoms with E-state index in [2.05, 4.69) is 25.9 Å². The molecule has 1 saturated carbocycles. The minimum atomic E-state index is -0.315. The Kier molecular flexibility index (Phi) is 5.92. The topological polar surface area (TPSA) is 83.9 Å². The SMILES string of the molecule is Cn1cccc1C(=O)NCCCNc1nc(Nc2cccc(F)c2)ncc1C1CC1. The Morgan fingerprint density at radius 3 is 2.83 bits per heavy atom. The molecule has 1 amide bonds. The number of amides is 1.